The molecular weight excluding hydrogens is 121 g/mol. The number of rotatable bonds is 1. The summed E-state index contributed by atoms with van der Waals surface area (Å²) in [5, 5.41) is 0. The van der Waals surface area contributed by atoms with E-state index in [1.807, 2.05) is 0 Å². The molecule has 0 aromatic rings. The van der Waals surface area contributed by atoms with Gasteiger partial charge < -0.3 is 0 Å². The zero-order valence-corrected chi connectivity index (χ0v) is 5.39. The van der Waals surface area contributed by atoms with Crippen molar-refractivity contribution in [3.63, 3.8) is 0 Å². The Morgan fingerprint density at radius 1 is 1.67 bits per heavy atom. The minimum Gasteiger partial charge on any atom is -0.273 e. The van der Waals surface area contributed by atoms with E-state index in [1.165, 1.54) is 19.9 Å². The Kier molecular flexibility index (Phi) is 3.51. The third-order valence-electron chi connectivity index (χ3n) is 0.645. The van der Waals surface area contributed by atoms with Crippen molar-refractivity contribution in [3.8, 4) is 0 Å². The Morgan fingerprint density at radius 2 is 2.22 bits per heavy atom. The highest BCUT2D eigenvalue weighted by Crippen LogP contribution is 1.89. The fraction of sp³-hybridized carbons (Fsp3) is 0.333. The van der Waals surface area contributed by atoms with Gasteiger partial charge in [0.1, 0.15) is 5.83 Å². The van der Waals surface area contributed by atoms with Crippen molar-refractivity contribution in [2.45, 2.75) is 13.8 Å². The number of allylic oxidation sites excluding steroid dienone is 2. The molecule has 0 fully saturated rings. The predicted octanol–water partition coefficient (Wildman–Crippen LogP) is 1.48. The van der Waals surface area contributed by atoms with Gasteiger partial charge in [0.25, 0.3) is 0 Å². The van der Waals surface area contributed by atoms with Crippen molar-refractivity contribution in [1.29, 1.82) is 0 Å². The summed E-state index contributed by atoms with van der Waals surface area (Å²) in [4.78, 5) is 13.3. The number of hydrogen-bond acceptors (Lipinski definition) is 1. The van der Waals surface area contributed by atoms with E-state index < -0.39 is 11.7 Å². The number of carbonyl (C=O) groups is 1. The van der Waals surface area contributed by atoms with Crippen LogP contribution in [0.4, 0.5) is 4.39 Å². The van der Waals surface area contributed by atoms with Gasteiger partial charge in [-0.1, -0.05) is 6.08 Å². The summed E-state index contributed by atoms with van der Waals surface area (Å²) in [6, 6.07) is 0. The SMILES string of the molecule is C/C=C(/F)C=NC(C)=O. The van der Waals surface area contributed by atoms with Crippen molar-refractivity contribution < 1.29 is 9.18 Å². The molecule has 0 aromatic carbocycles. The van der Waals surface area contributed by atoms with Crippen molar-refractivity contribution >= 4 is 12.1 Å². The first kappa shape index (κ1) is 8.01. The summed E-state index contributed by atoms with van der Waals surface area (Å²) in [5.41, 5.74) is 0. The van der Waals surface area contributed by atoms with E-state index in [-0.39, 0.29) is 0 Å². The van der Waals surface area contributed by atoms with Crippen LogP contribution in [0.15, 0.2) is 16.9 Å². The standard InChI is InChI=1S/C6H8FNO/c1-3-6(7)4-8-5(2)9/h3-4H,1-2H3/b6-3+,8-4?. The van der Waals surface area contributed by atoms with E-state index in [0.29, 0.717) is 0 Å². The van der Waals surface area contributed by atoms with Crippen LogP contribution in [0, 0.1) is 0 Å². The molecule has 0 spiro atoms. The number of nitrogens with zero attached hydrogens (tertiary/aromatic N) is 1. The Morgan fingerprint density at radius 3 is 2.56 bits per heavy atom. The smallest absolute Gasteiger partial charge is 0.242 e. The molecule has 0 saturated carbocycles. The quantitative estimate of drug-likeness (QED) is 0.493. The number of hydrogen-bond donors (Lipinski definition) is 0. The lowest BCUT2D eigenvalue weighted by atomic mass is 10.5. The van der Waals surface area contributed by atoms with Gasteiger partial charge in [0, 0.05) is 6.92 Å². The van der Waals surface area contributed by atoms with E-state index in [2.05, 4.69) is 4.99 Å². The highest BCUT2D eigenvalue weighted by Gasteiger charge is 1.85. The Balaban J connectivity index is 3.86. The third-order valence-corrected chi connectivity index (χ3v) is 0.645. The molecule has 50 valence electrons. The Bertz CT molecular complexity index is 160. The Labute approximate surface area is 53.1 Å². The lowest BCUT2D eigenvalue weighted by molar-refractivity contribution is -0.115. The third kappa shape index (κ3) is 4.87. The minimum absolute atomic E-state index is 0.396. The topological polar surface area (TPSA) is 29.4 Å². The maximum Gasteiger partial charge on any atom is 0.242 e. The maximum atomic E-state index is 12.1. The summed E-state index contributed by atoms with van der Waals surface area (Å²) in [5.74, 6) is -0.891. The lowest BCUT2D eigenvalue weighted by Gasteiger charge is -1.79. The molecule has 0 aliphatic rings. The minimum atomic E-state index is -0.495. The van der Waals surface area contributed by atoms with Gasteiger partial charge in [0.05, 0.1) is 6.21 Å². The largest absolute Gasteiger partial charge is 0.273 e. The molecule has 0 aromatic heterocycles. The summed E-state index contributed by atoms with van der Waals surface area (Å²) in [6.45, 7) is 2.79. The fourth-order valence-corrected chi connectivity index (χ4v) is 0.227. The molecule has 0 saturated heterocycles. The molecule has 0 atom stereocenters. The van der Waals surface area contributed by atoms with Crippen molar-refractivity contribution in [2.24, 2.45) is 4.99 Å². The summed E-state index contributed by atoms with van der Waals surface area (Å²) in [6.07, 6.45) is 2.12. The molecule has 0 bridgehead atoms. The van der Waals surface area contributed by atoms with Crippen LogP contribution in [0.3, 0.4) is 0 Å². The van der Waals surface area contributed by atoms with Crippen LogP contribution in [0.2, 0.25) is 0 Å². The number of carbonyl (C=O) groups excluding carboxylic acids is 1. The molecular formula is C6H8FNO. The monoisotopic (exact) mass is 129 g/mol. The summed E-state index contributed by atoms with van der Waals surface area (Å²) in [7, 11) is 0. The zero-order valence-electron chi connectivity index (χ0n) is 5.39. The number of halogens is 1. The first-order chi connectivity index (χ1) is 4.16. The van der Waals surface area contributed by atoms with Crippen LogP contribution in [0.1, 0.15) is 13.8 Å². The first-order valence-corrected chi connectivity index (χ1v) is 2.53. The van der Waals surface area contributed by atoms with Gasteiger partial charge in [0.15, 0.2) is 0 Å². The van der Waals surface area contributed by atoms with Crippen LogP contribution >= 0.6 is 0 Å². The Hall–Kier alpha value is -0.990. The second-order valence-electron chi connectivity index (χ2n) is 1.45. The number of amides is 1. The van der Waals surface area contributed by atoms with Crippen LogP contribution in [0.5, 0.6) is 0 Å². The van der Waals surface area contributed by atoms with Gasteiger partial charge in [0.2, 0.25) is 5.91 Å². The summed E-state index contributed by atoms with van der Waals surface area (Å²) < 4.78 is 12.1. The molecule has 0 heterocycles. The van der Waals surface area contributed by atoms with Gasteiger partial charge >= 0.3 is 0 Å². The van der Waals surface area contributed by atoms with Crippen molar-refractivity contribution in [3.05, 3.63) is 11.9 Å². The predicted molar refractivity (Wildman–Crippen MR) is 34.0 cm³/mol. The van der Waals surface area contributed by atoms with Gasteiger partial charge in [-0.05, 0) is 6.92 Å². The molecule has 0 N–H and O–H groups in total. The van der Waals surface area contributed by atoms with E-state index in [0.717, 1.165) is 6.21 Å². The molecule has 0 aliphatic heterocycles. The van der Waals surface area contributed by atoms with E-state index in [9.17, 15) is 9.18 Å². The average Bonchev–Trinajstić information content (AvgIpc) is 1.83. The van der Waals surface area contributed by atoms with Crippen molar-refractivity contribution in [1.82, 2.24) is 0 Å². The van der Waals surface area contributed by atoms with Crippen molar-refractivity contribution in [2.75, 3.05) is 0 Å². The average molecular weight is 129 g/mol. The highest BCUT2D eigenvalue weighted by molar-refractivity contribution is 5.88. The van der Waals surface area contributed by atoms with Gasteiger partial charge in [-0.15, -0.1) is 0 Å². The highest BCUT2D eigenvalue weighted by atomic mass is 19.1. The molecule has 0 unspecified atom stereocenters. The molecule has 3 heteroatoms. The van der Waals surface area contributed by atoms with E-state index >= 15 is 0 Å². The normalized spacial score (nSPS) is 12.6. The molecule has 2 nitrogen and oxygen atoms in total. The lowest BCUT2D eigenvalue weighted by Crippen LogP contribution is -1.83. The second-order valence-corrected chi connectivity index (χ2v) is 1.45. The van der Waals surface area contributed by atoms with Crippen LogP contribution in [-0.2, 0) is 4.79 Å². The van der Waals surface area contributed by atoms with Gasteiger partial charge in [-0.2, -0.15) is 0 Å². The van der Waals surface area contributed by atoms with Gasteiger partial charge in [-0.3, -0.25) is 4.79 Å². The fourth-order valence-electron chi connectivity index (χ4n) is 0.227. The molecule has 9 heavy (non-hydrogen) atoms. The van der Waals surface area contributed by atoms with Crippen LogP contribution < -0.4 is 0 Å². The molecule has 0 aliphatic carbocycles. The second kappa shape index (κ2) is 3.95. The maximum absolute atomic E-state index is 12.1. The van der Waals surface area contributed by atoms with E-state index in [4.69, 9.17) is 0 Å². The van der Waals surface area contributed by atoms with Gasteiger partial charge in [-0.25, -0.2) is 9.38 Å². The summed E-state index contributed by atoms with van der Waals surface area (Å²) >= 11 is 0. The first-order valence-electron chi connectivity index (χ1n) is 2.53. The molecule has 0 rings (SSSR count). The van der Waals surface area contributed by atoms with Crippen LogP contribution in [0.25, 0.3) is 0 Å². The zero-order chi connectivity index (χ0) is 7.28. The molecule has 0 radical (unpaired) electrons. The van der Waals surface area contributed by atoms with E-state index in [1.54, 1.807) is 0 Å². The molecule has 1 amide bonds. The van der Waals surface area contributed by atoms with Crippen LogP contribution in [-0.4, -0.2) is 12.1 Å². The number of aliphatic imine (C=N–C) groups is 1.